The lowest BCUT2D eigenvalue weighted by molar-refractivity contribution is -0.0739. The zero-order chi connectivity index (χ0) is 9.84. The molecule has 0 unspecified atom stereocenters. The van der Waals surface area contributed by atoms with Crippen molar-refractivity contribution in [2.24, 2.45) is 0 Å². The predicted octanol–water partition coefficient (Wildman–Crippen LogP) is 2.20. The molecule has 1 aromatic heterocycles. The zero-order valence-electron chi connectivity index (χ0n) is 7.24. The molecule has 0 aliphatic carbocycles. The van der Waals surface area contributed by atoms with Gasteiger partial charge >= 0.3 is 0 Å². The van der Waals surface area contributed by atoms with Gasteiger partial charge in [-0.15, -0.1) is 11.3 Å². The number of ether oxygens (including phenoxy) is 2. The summed E-state index contributed by atoms with van der Waals surface area (Å²) in [5.41, 5.74) is 0. The van der Waals surface area contributed by atoms with Crippen LogP contribution < -0.4 is 0 Å². The summed E-state index contributed by atoms with van der Waals surface area (Å²) < 4.78 is 10.2. The summed E-state index contributed by atoms with van der Waals surface area (Å²) in [6.07, 6.45) is -0.838. The summed E-state index contributed by atoms with van der Waals surface area (Å²) in [6.45, 7) is 0. The van der Waals surface area contributed by atoms with Crippen LogP contribution in [0.25, 0.3) is 0 Å². The highest BCUT2D eigenvalue weighted by Gasteiger charge is 2.20. The van der Waals surface area contributed by atoms with E-state index in [1.807, 2.05) is 0 Å². The maximum atomic E-state index is 11.5. The second-order valence-electron chi connectivity index (χ2n) is 2.27. The van der Waals surface area contributed by atoms with Gasteiger partial charge in [0.1, 0.15) is 0 Å². The predicted molar refractivity (Wildman–Crippen MR) is 51.5 cm³/mol. The molecular formula is C8H9ClO3S. The molecule has 1 aromatic rings. The van der Waals surface area contributed by atoms with Crippen LogP contribution in [0.4, 0.5) is 0 Å². The average Bonchev–Trinajstić information content (AvgIpc) is 2.54. The van der Waals surface area contributed by atoms with Crippen molar-refractivity contribution in [2.45, 2.75) is 6.29 Å². The second kappa shape index (κ2) is 4.72. The van der Waals surface area contributed by atoms with Crippen molar-refractivity contribution in [1.29, 1.82) is 0 Å². The molecule has 0 aliphatic rings. The summed E-state index contributed by atoms with van der Waals surface area (Å²) in [5.74, 6) is -0.207. The zero-order valence-corrected chi connectivity index (χ0v) is 8.82. The van der Waals surface area contributed by atoms with Gasteiger partial charge in [0.05, 0.1) is 9.21 Å². The molecule has 13 heavy (non-hydrogen) atoms. The molecule has 0 atom stereocenters. The fourth-order valence-electron chi connectivity index (χ4n) is 0.873. The topological polar surface area (TPSA) is 35.5 Å². The summed E-state index contributed by atoms with van der Waals surface area (Å²) in [7, 11) is 2.84. The van der Waals surface area contributed by atoms with Gasteiger partial charge in [-0.1, -0.05) is 11.6 Å². The first-order chi connectivity index (χ1) is 6.19. The van der Waals surface area contributed by atoms with Crippen LogP contribution >= 0.6 is 22.9 Å². The van der Waals surface area contributed by atoms with Crippen LogP contribution in [-0.4, -0.2) is 26.3 Å². The molecular weight excluding hydrogens is 212 g/mol. The number of halogens is 1. The fraction of sp³-hybridized carbons (Fsp3) is 0.375. The van der Waals surface area contributed by atoms with E-state index in [0.29, 0.717) is 9.21 Å². The minimum atomic E-state index is -0.838. The van der Waals surface area contributed by atoms with Crippen LogP contribution in [0.2, 0.25) is 4.34 Å². The lowest BCUT2D eigenvalue weighted by Gasteiger charge is -2.09. The number of hydrogen-bond acceptors (Lipinski definition) is 4. The Morgan fingerprint density at radius 1 is 1.46 bits per heavy atom. The Labute approximate surface area is 85.2 Å². The number of ketones is 1. The van der Waals surface area contributed by atoms with Gasteiger partial charge in [-0.05, 0) is 12.1 Å². The first-order valence-electron chi connectivity index (χ1n) is 3.54. The van der Waals surface area contributed by atoms with Crippen molar-refractivity contribution in [1.82, 2.24) is 0 Å². The highest BCUT2D eigenvalue weighted by atomic mass is 35.5. The highest BCUT2D eigenvalue weighted by Crippen LogP contribution is 2.23. The minimum absolute atomic E-state index is 0.207. The summed E-state index contributed by atoms with van der Waals surface area (Å²) in [5, 5.41) is 0. The van der Waals surface area contributed by atoms with Gasteiger partial charge in [0.25, 0.3) is 0 Å². The molecule has 0 aromatic carbocycles. The SMILES string of the molecule is COC(OC)C(=O)c1ccc(Cl)s1. The van der Waals surface area contributed by atoms with Crippen molar-refractivity contribution in [3.8, 4) is 0 Å². The van der Waals surface area contributed by atoms with E-state index in [1.54, 1.807) is 12.1 Å². The molecule has 1 heterocycles. The summed E-state index contributed by atoms with van der Waals surface area (Å²) in [6, 6.07) is 3.32. The monoisotopic (exact) mass is 220 g/mol. The van der Waals surface area contributed by atoms with Crippen molar-refractivity contribution in [3.63, 3.8) is 0 Å². The molecule has 0 saturated carbocycles. The van der Waals surface area contributed by atoms with Gasteiger partial charge in [-0.2, -0.15) is 0 Å². The van der Waals surface area contributed by atoms with Crippen LogP contribution in [0.1, 0.15) is 9.67 Å². The van der Waals surface area contributed by atoms with E-state index in [4.69, 9.17) is 21.1 Å². The standard InChI is InChI=1S/C8H9ClO3S/c1-11-8(12-2)7(10)5-3-4-6(9)13-5/h3-4,8H,1-2H3. The van der Waals surface area contributed by atoms with E-state index >= 15 is 0 Å². The number of hydrogen-bond donors (Lipinski definition) is 0. The van der Waals surface area contributed by atoms with E-state index in [-0.39, 0.29) is 5.78 Å². The molecule has 0 amide bonds. The van der Waals surface area contributed by atoms with Crippen LogP contribution in [-0.2, 0) is 9.47 Å². The number of Topliss-reactive ketones (excluding diaryl/α,β-unsaturated/α-hetero) is 1. The average molecular weight is 221 g/mol. The van der Waals surface area contributed by atoms with Crippen LogP contribution in [0, 0.1) is 0 Å². The molecule has 0 fully saturated rings. The Balaban J connectivity index is 2.78. The van der Waals surface area contributed by atoms with Gasteiger partial charge in [0.15, 0.2) is 0 Å². The summed E-state index contributed by atoms with van der Waals surface area (Å²) >= 11 is 6.89. The third-order valence-electron chi connectivity index (χ3n) is 1.46. The lowest BCUT2D eigenvalue weighted by Crippen LogP contribution is -2.24. The number of thiophene rings is 1. The van der Waals surface area contributed by atoms with Crippen molar-refractivity contribution < 1.29 is 14.3 Å². The van der Waals surface area contributed by atoms with E-state index < -0.39 is 6.29 Å². The lowest BCUT2D eigenvalue weighted by atomic mass is 10.3. The number of carbonyl (C=O) groups is 1. The smallest absolute Gasteiger partial charge is 0.228 e. The maximum absolute atomic E-state index is 11.5. The molecule has 0 radical (unpaired) electrons. The van der Waals surface area contributed by atoms with E-state index in [1.165, 1.54) is 25.6 Å². The van der Waals surface area contributed by atoms with Crippen LogP contribution in [0.3, 0.4) is 0 Å². The Kier molecular flexibility index (Phi) is 3.87. The Morgan fingerprint density at radius 2 is 2.08 bits per heavy atom. The Bertz CT molecular complexity index is 293. The number of methoxy groups -OCH3 is 2. The van der Waals surface area contributed by atoms with Crippen molar-refractivity contribution in [3.05, 3.63) is 21.3 Å². The number of rotatable bonds is 4. The van der Waals surface area contributed by atoms with Crippen molar-refractivity contribution >= 4 is 28.7 Å². The quantitative estimate of drug-likeness (QED) is 0.577. The van der Waals surface area contributed by atoms with E-state index in [2.05, 4.69) is 0 Å². The fourth-order valence-corrected chi connectivity index (χ4v) is 1.86. The molecule has 0 spiro atoms. The van der Waals surface area contributed by atoms with Gasteiger partial charge < -0.3 is 9.47 Å². The Morgan fingerprint density at radius 3 is 2.46 bits per heavy atom. The van der Waals surface area contributed by atoms with Crippen LogP contribution in [0.15, 0.2) is 12.1 Å². The first kappa shape index (κ1) is 10.7. The normalized spacial score (nSPS) is 10.8. The third kappa shape index (κ3) is 2.51. The second-order valence-corrected chi connectivity index (χ2v) is 3.99. The molecule has 0 aliphatic heterocycles. The number of carbonyl (C=O) groups excluding carboxylic acids is 1. The molecule has 0 N–H and O–H groups in total. The first-order valence-corrected chi connectivity index (χ1v) is 4.73. The van der Waals surface area contributed by atoms with Crippen LogP contribution in [0.5, 0.6) is 0 Å². The van der Waals surface area contributed by atoms with Gasteiger partial charge in [-0.25, -0.2) is 0 Å². The van der Waals surface area contributed by atoms with E-state index in [9.17, 15) is 4.79 Å². The van der Waals surface area contributed by atoms with Gasteiger partial charge in [0.2, 0.25) is 12.1 Å². The molecule has 72 valence electrons. The van der Waals surface area contributed by atoms with Gasteiger partial charge in [0, 0.05) is 14.2 Å². The third-order valence-corrected chi connectivity index (χ3v) is 2.70. The molecule has 3 nitrogen and oxygen atoms in total. The molecule has 0 saturated heterocycles. The maximum Gasteiger partial charge on any atom is 0.228 e. The van der Waals surface area contributed by atoms with E-state index in [0.717, 1.165) is 0 Å². The largest absolute Gasteiger partial charge is 0.349 e. The minimum Gasteiger partial charge on any atom is -0.349 e. The van der Waals surface area contributed by atoms with Crippen molar-refractivity contribution in [2.75, 3.05) is 14.2 Å². The molecule has 0 bridgehead atoms. The highest BCUT2D eigenvalue weighted by molar-refractivity contribution is 7.18. The molecule has 5 heteroatoms. The summed E-state index contributed by atoms with van der Waals surface area (Å²) in [4.78, 5) is 12.1. The molecule has 1 rings (SSSR count). The van der Waals surface area contributed by atoms with Gasteiger partial charge in [-0.3, -0.25) is 4.79 Å². The Hall–Kier alpha value is -0.420.